The van der Waals surface area contributed by atoms with E-state index in [-0.39, 0.29) is 0 Å². The molecule has 0 N–H and O–H groups in total. The first-order valence-electron chi connectivity index (χ1n) is 10.7. The van der Waals surface area contributed by atoms with Gasteiger partial charge in [-0.3, -0.25) is 0 Å². The van der Waals surface area contributed by atoms with Crippen molar-refractivity contribution in [1.82, 2.24) is 0 Å². The molecule has 0 saturated heterocycles. The highest BCUT2D eigenvalue weighted by atomic mass is 16.5. The third kappa shape index (κ3) is 8.88. The van der Waals surface area contributed by atoms with E-state index in [2.05, 4.69) is 37.5 Å². The molecule has 0 bridgehead atoms. The lowest BCUT2D eigenvalue weighted by Gasteiger charge is -2.25. The van der Waals surface area contributed by atoms with Gasteiger partial charge in [0.1, 0.15) is 5.75 Å². The molecule has 0 heterocycles. The first-order chi connectivity index (χ1) is 13.3. The normalized spacial score (nSPS) is 19.0. The SMILES string of the molecule is CCCCCOc1ccc(C#C/C=C/C#C[C@H]2CC[C@H](CCC)CC2)cc1. The lowest BCUT2D eigenvalue weighted by atomic mass is 9.80. The van der Waals surface area contributed by atoms with Crippen molar-refractivity contribution in [3.8, 4) is 29.4 Å². The number of hydrogen-bond acceptors (Lipinski definition) is 1. The van der Waals surface area contributed by atoms with Gasteiger partial charge in [-0.2, -0.15) is 0 Å². The fourth-order valence-corrected chi connectivity index (χ4v) is 3.55. The molecule has 0 spiro atoms. The fourth-order valence-electron chi connectivity index (χ4n) is 3.55. The van der Waals surface area contributed by atoms with Crippen molar-refractivity contribution in [3.05, 3.63) is 42.0 Å². The molecule has 2 rings (SSSR count). The fraction of sp³-hybridized carbons (Fsp3) is 0.538. The van der Waals surface area contributed by atoms with Crippen LogP contribution in [0.1, 0.15) is 77.2 Å². The average Bonchev–Trinajstić information content (AvgIpc) is 2.70. The molecule has 0 aromatic heterocycles. The van der Waals surface area contributed by atoms with Gasteiger partial charge in [0, 0.05) is 11.5 Å². The van der Waals surface area contributed by atoms with Crippen LogP contribution < -0.4 is 4.74 Å². The predicted molar refractivity (Wildman–Crippen MR) is 116 cm³/mol. The first-order valence-corrected chi connectivity index (χ1v) is 10.7. The summed E-state index contributed by atoms with van der Waals surface area (Å²) in [7, 11) is 0. The zero-order chi connectivity index (χ0) is 19.2. The predicted octanol–water partition coefficient (Wildman–Crippen LogP) is 6.77. The maximum Gasteiger partial charge on any atom is 0.119 e. The smallest absolute Gasteiger partial charge is 0.119 e. The zero-order valence-electron chi connectivity index (χ0n) is 17.1. The Hall–Kier alpha value is -2.12. The molecule has 1 aromatic carbocycles. The minimum absolute atomic E-state index is 0.584. The van der Waals surface area contributed by atoms with Gasteiger partial charge in [0.05, 0.1) is 6.61 Å². The topological polar surface area (TPSA) is 9.23 Å². The van der Waals surface area contributed by atoms with Crippen molar-refractivity contribution in [2.75, 3.05) is 6.61 Å². The van der Waals surface area contributed by atoms with Crippen molar-refractivity contribution in [1.29, 1.82) is 0 Å². The van der Waals surface area contributed by atoms with Crippen LogP contribution in [-0.4, -0.2) is 6.61 Å². The number of benzene rings is 1. The highest BCUT2D eigenvalue weighted by molar-refractivity contribution is 5.40. The van der Waals surface area contributed by atoms with E-state index in [0.717, 1.165) is 30.3 Å². The van der Waals surface area contributed by atoms with Crippen LogP contribution in [0.25, 0.3) is 0 Å². The van der Waals surface area contributed by atoms with Gasteiger partial charge >= 0.3 is 0 Å². The van der Waals surface area contributed by atoms with Gasteiger partial charge in [-0.15, -0.1) is 0 Å². The summed E-state index contributed by atoms with van der Waals surface area (Å²) in [6.07, 6.45) is 15.2. The second-order valence-electron chi connectivity index (χ2n) is 7.48. The van der Waals surface area contributed by atoms with Crippen LogP contribution in [0, 0.1) is 35.5 Å². The molecule has 1 aliphatic rings. The van der Waals surface area contributed by atoms with Crippen molar-refractivity contribution in [3.63, 3.8) is 0 Å². The largest absolute Gasteiger partial charge is 0.494 e. The number of unbranched alkanes of at least 4 members (excludes halogenated alkanes) is 2. The number of hydrogen-bond donors (Lipinski definition) is 0. The van der Waals surface area contributed by atoms with E-state index in [9.17, 15) is 0 Å². The molecular weight excluding hydrogens is 328 g/mol. The van der Waals surface area contributed by atoms with E-state index in [1.54, 1.807) is 0 Å². The van der Waals surface area contributed by atoms with Crippen molar-refractivity contribution >= 4 is 0 Å². The van der Waals surface area contributed by atoms with E-state index in [1.165, 1.54) is 51.4 Å². The lowest BCUT2D eigenvalue weighted by Crippen LogP contribution is -2.12. The minimum Gasteiger partial charge on any atom is -0.494 e. The van der Waals surface area contributed by atoms with Crippen LogP contribution in [0.15, 0.2) is 36.4 Å². The lowest BCUT2D eigenvalue weighted by molar-refractivity contribution is 0.300. The molecule has 1 aromatic rings. The second-order valence-corrected chi connectivity index (χ2v) is 7.48. The molecule has 144 valence electrons. The molecule has 27 heavy (non-hydrogen) atoms. The van der Waals surface area contributed by atoms with E-state index in [0.29, 0.717) is 5.92 Å². The molecule has 0 amide bonds. The summed E-state index contributed by atoms with van der Waals surface area (Å²) in [5.74, 6) is 15.2. The summed E-state index contributed by atoms with van der Waals surface area (Å²) < 4.78 is 5.72. The summed E-state index contributed by atoms with van der Waals surface area (Å²) in [4.78, 5) is 0. The Bertz CT molecular complexity index is 667. The van der Waals surface area contributed by atoms with Gasteiger partial charge in [-0.1, -0.05) is 63.2 Å². The summed E-state index contributed by atoms with van der Waals surface area (Å²) in [5.41, 5.74) is 1.00. The molecule has 1 heteroatoms. The summed E-state index contributed by atoms with van der Waals surface area (Å²) >= 11 is 0. The van der Waals surface area contributed by atoms with Crippen LogP contribution in [-0.2, 0) is 0 Å². The molecule has 1 nitrogen and oxygen atoms in total. The standard InChI is InChI=1S/C26H34O/c1-3-5-10-22-27-26-20-18-25(19-21-26)13-9-7-6-8-12-24-16-14-23(11-4-2)15-17-24/h6-7,18-21,23-24H,3-5,10-11,14-17,22H2,1-2H3/b7-6+/t23-,24-. The molecule has 0 radical (unpaired) electrons. The van der Waals surface area contributed by atoms with Crippen LogP contribution >= 0.6 is 0 Å². The van der Waals surface area contributed by atoms with E-state index in [4.69, 9.17) is 4.74 Å². The monoisotopic (exact) mass is 362 g/mol. The van der Waals surface area contributed by atoms with Gasteiger partial charge in [0.2, 0.25) is 0 Å². The quantitative estimate of drug-likeness (QED) is 0.384. The Balaban J connectivity index is 1.70. The molecule has 1 saturated carbocycles. The van der Waals surface area contributed by atoms with Gasteiger partial charge < -0.3 is 4.74 Å². The molecule has 1 fully saturated rings. The first kappa shape index (κ1) is 21.2. The van der Waals surface area contributed by atoms with E-state index in [1.807, 2.05) is 36.4 Å². The summed E-state index contributed by atoms with van der Waals surface area (Å²) in [5, 5.41) is 0. The van der Waals surface area contributed by atoms with E-state index < -0.39 is 0 Å². The summed E-state index contributed by atoms with van der Waals surface area (Å²) in [6, 6.07) is 8.01. The molecule has 1 aliphatic carbocycles. The Morgan fingerprint density at radius 3 is 2.37 bits per heavy atom. The molecular formula is C26H34O. The average molecular weight is 363 g/mol. The number of rotatable bonds is 7. The Morgan fingerprint density at radius 2 is 1.67 bits per heavy atom. The Labute approximate surface area is 166 Å². The number of ether oxygens (including phenoxy) is 1. The highest BCUT2D eigenvalue weighted by Gasteiger charge is 2.18. The van der Waals surface area contributed by atoms with Crippen molar-refractivity contribution in [2.45, 2.75) is 71.6 Å². The molecule has 0 atom stereocenters. The highest BCUT2D eigenvalue weighted by Crippen LogP contribution is 2.30. The minimum atomic E-state index is 0.584. The van der Waals surface area contributed by atoms with Crippen molar-refractivity contribution in [2.24, 2.45) is 11.8 Å². The van der Waals surface area contributed by atoms with Crippen LogP contribution in [0.5, 0.6) is 5.75 Å². The zero-order valence-corrected chi connectivity index (χ0v) is 17.1. The third-order valence-corrected chi connectivity index (χ3v) is 5.17. The molecule has 0 unspecified atom stereocenters. The van der Waals surface area contributed by atoms with Crippen LogP contribution in [0.4, 0.5) is 0 Å². The van der Waals surface area contributed by atoms with Gasteiger partial charge in [0.15, 0.2) is 0 Å². The second kappa shape index (κ2) is 13.1. The van der Waals surface area contributed by atoms with Gasteiger partial charge in [-0.05, 0) is 74.4 Å². The Morgan fingerprint density at radius 1 is 0.926 bits per heavy atom. The number of allylic oxidation sites excluding steroid dienone is 2. The van der Waals surface area contributed by atoms with Crippen LogP contribution in [0.3, 0.4) is 0 Å². The third-order valence-electron chi connectivity index (χ3n) is 5.17. The van der Waals surface area contributed by atoms with Crippen molar-refractivity contribution < 1.29 is 4.74 Å². The van der Waals surface area contributed by atoms with E-state index >= 15 is 0 Å². The maximum absolute atomic E-state index is 5.72. The van der Waals surface area contributed by atoms with Crippen LogP contribution in [0.2, 0.25) is 0 Å². The van der Waals surface area contributed by atoms with Gasteiger partial charge in [0.25, 0.3) is 0 Å². The Kier molecular flexibility index (Phi) is 10.3. The maximum atomic E-state index is 5.72. The molecule has 0 aliphatic heterocycles. The van der Waals surface area contributed by atoms with Gasteiger partial charge in [-0.25, -0.2) is 0 Å². The summed E-state index contributed by atoms with van der Waals surface area (Å²) in [6.45, 7) is 5.28.